The van der Waals surface area contributed by atoms with Gasteiger partial charge in [0.15, 0.2) is 0 Å². The van der Waals surface area contributed by atoms with Crippen molar-refractivity contribution in [1.29, 1.82) is 0 Å². The van der Waals surface area contributed by atoms with Crippen molar-refractivity contribution in [2.24, 2.45) is 11.8 Å². The Morgan fingerprint density at radius 2 is 1.95 bits per heavy atom. The molecule has 1 aliphatic carbocycles. The third kappa shape index (κ3) is 4.04. The number of carboxylic acid groups (broad SMARTS) is 1. The number of aliphatic carboxylic acids is 1. The molecular formula is C14H18N2O4S. The number of carboxylic acids is 1. The van der Waals surface area contributed by atoms with Crippen LogP contribution in [0.1, 0.15) is 36.4 Å². The van der Waals surface area contributed by atoms with E-state index in [0.717, 1.165) is 24.2 Å². The van der Waals surface area contributed by atoms with Gasteiger partial charge in [0.1, 0.15) is 6.04 Å². The van der Waals surface area contributed by atoms with Gasteiger partial charge in [0.05, 0.1) is 9.88 Å². The van der Waals surface area contributed by atoms with E-state index >= 15 is 0 Å². The highest BCUT2D eigenvalue weighted by atomic mass is 32.1. The lowest BCUT2D eigenvalue weighted by molar-refractivity contribution is -0.140. The highest BCUT2D eigenvalue weighted by Crippen LogP contribution is 2.31. The number of carbonyl (C=O) groups is 3. The summed E-state index contributed by atoms with van der Waals surface area (Å²) in [5.74, 6) is -1.62. The number of hydrogen-bond donors (Lipinski definition) is 3. The highest BCUT2D eigenvalue weighted by molar-refractivity contribution is 7.18. The van der Waals surface area contributed by atoms with Crippen LogP contribution in [0.15, 0.2) is 12.1 Å². The molecule has 0 aliphatic heterocycles. The number of hydrogen-bond acceptors (Lipinski definition) is 4. The van der Waals surface area contributed by atoms with Gasteiger partial charge in [-0.25, -0.2) is 4.79 Å². The Bertz CT molecular complexity index is 563. The molecule has 0 aromatic carbocycles. The van der Waals surface area contributed by atoms with Gasteiger partial charge in [-0.3, -0.25) is 9.59 Å². The van der Waals surface area contributed by atoms with Gasteiger partial charge in [0.25, 0.3) is 5.91 Å². The standard InChI is InChI=1S/C14H18N2O4S/c1-7(2)11(14(19)20)16-13(18)9-5-6-10(21-9)15-12(17)8-3-4-8/h5-8,11H,3-4H2,1-2H3,(H,15,17)(H,16,18)(H,19,20)/t11-/m0/s1. The fourth-order valence-electron chi connectivity index (χ4n) is 1.82. The fraction of sp³-hybridized carbons (Fsp3) is 0.500. The molecule has 21 heavy (non-hydrogen) atoms. The Morgan fingerprint density at radius 1 is 1.29 bits per heavy atom. The second-order valence-corrected chi connectivity index (χ2v) is 6.54. The zero-order chi connectivity index (χ0) is 15.6. The predicted molar refractivity (Wildman–Crippen MR) is 79.4 cm³/mol. The Hall–Kier alpha value is -1.89. The maximum Gasteiger partial charge on any atom is 0.326 e. The summed E-state index contributed by atoms with van der Waals surface area (Å²) in [6.45, 7) is 3.46. The van der Waals surface area contributed by atoms with Crippen molar-refractivity contribution in [3.63, 3.8) is 0 Å². The summed E-state index contributed by atoms with van der Waals surface area (Å²) in [6.07, 6.45) is 1.83. The summed E-state index contributed by atoms with van der Waals surface area (Å²) >= 11 is 1.14. The predicted octanol–water partition coefficient (Wildman–Crippen LogP) is 1.94. The van der Waals surface area contributed by atoms with Gasteiger partial charge in [0, 0.05) is 5.92 Å². The SMILES string of the molecule is CC(C)[C@H](NC(=O)c1ccc(NC(=O)C2CC2)s1)C(=O)O. The fourth-order valence-corrected chi connectivity index (χ4v) is 2.63. The average Bonchev–Trinajstić information content (AvgIpc) is 3.16. The highest BCUT2D eigenvalue weighted by Gasteiger charge is 2.30. The lowest BCUT2D eigenvalue weighted by Gasteiger charge is -2.17. The molecule has 0 spiro atoms. The molecule has 1 fully saturated rings. The largest absolute Gasteiger partial charge is 0.480 e. The van der Waals surface area contributed by atoms with Crippen LogP contribution < -0.4 is 10.6 Å². The van der Waals surface area contributed by atoms with Crippen LogP contribution in [0, 0.1) is 11.8 Å². The smallest absolute Gasteiger partial charge is 0.326 e. The maximum atomic E-state index is 12.0. The van der Waals surface area contributed by atoms with Crippen LogP contribution in [-0.2, 0) is 9.59 Å². The number of rotatable bonds is 6. The molecule has 0 saturated heterocycles. The minimum atomic E-state index is -1.06. The first kappa shape index (κ1) is 15.5. The summed E-state index contributed by atoms with van der Waals surface area (Å²) in [5.41, 5.74) is 0. The van der Waals surface area contributed by atoms with Gasteiger partial charge in [-0.15, -0.1) is 11.3 Å². The van der Waals surface area contributed by atoms with Gasteiger partial charge in [-0.1, -0.05) is 13.8 Å². The van der Waals surface area contributed by atoms with E-state index in [1.165, 1.54) is 0 Å². The van der Waals surface area contributed by atoms with Gasteiger partial charge >= 0.3 is 5.97 Å². The van der Waals surface area contributed by atoms with Crippen molar-refractivity contribution in [2.75, 3.05) is 5.32 Å². The van der Waals surface area contributed by atoms with Gasteiger partial charge in [-0.2, -0.15) is 0 Å². The average molecular weight is 310 g/mol. The summed E-state index contributed by atoms with van der Waals surface area (Å²) in [5, 5.41) is 14.9. The Labute approximate surface area is 126 Å². The quantitative estimate of drug-likeness (QED) is 0.748. The van der Waals surface area contributed by atoms with Crippen LogP contribution >= 0.6 is 11.3 Å². The van der Waals surface area contributed by atoms with Crippen LogP contribution in [0.2, 0.25) is 0 Å². The first-order chi connectivity index (χ1) is 9.88. The molecule has 6 nitrogen and oxygen atoms in total. The van der Waals surface area contributed by atoms with E-state index in [2.05, 4.69) is 10.6 Å². The van der Waals surface area contributed by atoms with E-state index in [9.17, 15) is 14.4 Å². The van der Waals surface area contributed by atoms with E-state index < -0.39 is 17.9 Å². The van der Waals surface area contributed by atoms with Gasteiger partial charge in [0.2, 0.25) is 5.91 Å². The summed E-state index contributed by atoms with van der Waals surface area (Å²) < 4.78 is 0. The summed E-state index contributed by atoms with van der Waals surface area (Å²) in [4.78, 5) is 35.1. The minimum absolute atomic E-state index is 0.0191. The third-order valence-corrected chi connectivity index (χ3v) is 4.24. The van der Waals surface area contributed by atoms with Crippen molar-refractivity contribution < 1.29 is 19.5 Å². The van der Waals surface area contributed by atoms with Crippen LogP contribution in [-0.4, -0.2) is 28.9 Å². The molecule has 7 heteroatoms. The van der Waals surface area contributed by atoms with Crippen molar-refractivity contribution >= 4 is 34.1 Å². The first-order valence-corrected chi connectivity index (χ1v) is 7.64. The number of amides is 2. The molecule has 1 aromatic heterocycles. The van der Waals surface area contributed by atoms with E-state index in [-0.39, 0.29) is 17.7 Å². The molecule has 1 aliphatic rings. The zero-order valence-electron chi connectivity index (χ0n) is 11.9. The second-order valence-electron chi connectivity index (χ2n) is 5.46. The number of thiophene rings is 1. The number of anilines is 1. The van der Waals surface area contributed by atoms with Gasteiger partial charge < -0.3 is 15.7 Å². The van der Waals surface area contributed by atoms with Crippen molar-refractivity contribution in [1.82, 2.24) is 5.32 Å². The number of nitrogens with one attached hydrogen (secondary N) is 2. The van der Waals surface area contributed by atoms with Crippen LogP contribution in [0.5, 0.6) is 0 Å². The van der Waals surface area contributed by atoms with Crippen molar-refractivity contribution in [3.05, 3.63) is 17.0 Å². The second kappa shape index (κ2) is 6.26. The normalized spacial score (nSPS) is 15.6. The van der Waals surface area contributed by atoms with E-state index in [1.54, 1.807) is 26.0 Å². The van der Waals surface area contributed by atoms with Crippen molar-refractivity contribution in [2.45, 2.75) is 32.7 Å². The number of carbonyl (C=O) groups excluding carboxylic acids is 2. The molecule has 1 aromatic rings. The summed E-state index contributed by atoms with van der Waals surface area (Å²) in [6, 6.07) is 2.32. The Morgan fingerprint density at radius 3 is 2.48 bits per heavy atom. The van der Waals surface area contributed by atoms with E-state index in [0.29, 0.717) is 9.88 Å². The van der Waals surface area contributed by atoms with Crippen molar-refractivity contribution in [3.8, 4) is 0 Å². The third-order valence-electron chi connectivity index (χ3n) is 3.24. The first-order valence-electron chi connectivity index (χ1n) is 6.83. The minimum Gasteiger partial charge on any atom is -0.480 e. The zero-order valence-corrected chi connectivity index (χ0v) is 12.7. The lowest BCUT2D eigenvalue weighted by Crippen LogP contribution is -2.44. The lowest BCUT2D eigenvalue weighted by atomic mass is 10.0. The topological polar surface area (TPSA) is 95.5 Å². The molecule has 1 heterocycles. The summed E-state index contributed by atoms with van der Waals surface area (Å²) in [7, 11) is 0. The molecule has 3 N–H and O–H groups in total. The molecule has 1 atom stereocenters. The molecular weight excluding hydrogens is 292 g/mol. The molecule has 0 radical (unpaired) electrons. The van der Waals surface area contributed by atoms with E-state index in [4.69, 9.17) is 5.11 Å². The monoisotopic (exact) mass is 310 g/mol. The molecule has 1 saturated carbocycles. The maximum absolute atomic E-state index is 12.0. The van der Waals surface area contributed by atoms with Crippen LogP contribution in [0.25, 0.3) is 0 Å². The van der Waals surface area contributed by atoms with Gasteiger partial charge in [-0.05, 0) is 30.9 Å². The Kier molecular flexibility index (Phi) is 4.62. The molecule has 114 valence electrons. The van der Waals surface area contributed by atoms with Crippen LogP contribution in [0.3, 0.4) is 0 Å². The molecule has 0 unspecified atom stereocenters. The molecule has 0 bridgehead atoms. The molecule has 2 rings (SSSR count). The Balaban J connectivity index is 1.97. The molecule has 2 amide bonds. The van der Waals surface area contributed by atoms with Crippen LogP contribution in [0.4, 0.5) is 5.00 Å². The van der Waals surface area contributed by atoms with E-state index in [1.807, 2.05) is 0 Å².